The van der Waals surface area contributed by atoms with Gasteiger partial charge in [-0.2, -0.15) is 9.40 Å². The van der Waals surface area contributed by atoms with E-state index in [0.717, 1.165) is 32.1 Å². The van der Waals surface area contributed by atoms with Gasteiger partial charge in [0.2, 0.25) is 10.0 Å². The largest absolute Gasteiger partial charge is 0.381 e. The number of rotatable bonds is 4. The first-order chi connectivity index (χ1) is 10.6. The SMILES string of the molecule is NCC1CCCCN1S(=O)(=O)c1cnn(C2CCOCC2)c1. The summed E-state index contributed by atoms with van der Waals surface area (Å²) in [4.78, 5) is 0.277. The standard InChI is InChI=1S/C14H24N4O3S/c15-9-13-3-1-2-6-18(13)22(19,20)14-10-16-17(11-14)12-4-7-21-8-5-12/h10-13H,1-9,15H2. The quantitative estimate of drug-likeness (QED) is 0.880. The Kier molecular flexibility index (Phi) is 4.82. The molecule has 0 aromatic carbocycles. The van der Waals surface area contributed by atoms with Crippen LogP contribution >= 0.6 is 0 Å². The van der Waals surface area contributed by atoms with Gasteiger partial charge < -0.3 is 10.5 Å². The van der Waals surface area contributed by atoms with E-state index in [9.17, 15) is 8.42 Å². The number of nitrogens with zero attached hydrogens (tertiary/aromatic N) is 3. The van der Waals surface area contributed by atoms with E-state index in [-0.39, 0.29) is 17.0 Å². The average Bonchev–Trinajstić information content (AvgIpc) is 3.06. The average molecular weight is 328 g/mol. The molecule has 2 N–H and O–H groups in total. The van der Waals surface area contributed by atoms with Gasteiger partial charge in [0.15, 0.2) is 0 Å². The van der Waals surface area contributed by atoms with E-state index in [1.165, 1.54) is 6.20 Å². The number of hydrogen-bond donors (Lipinski definition) is 1. The van der Waals surface area contributed by atoms with E-state index in [0.29, 0.717) is 26.3 Å². The summed E-state index contributed by atoms with van der Waals surface area (Å²) in [5, 5.41) is 4.28. The van der Waals surface area contributed by atoms with Crippen LogP contribution in [-0.4, -0.2) is 54.8 Å². The molecule has 2 saturated heterocycles. The fraction of sp³-hybridized carbons (Fsp3) is 0.786. The lowest BCUT2D eigenvalue weighted by atomic mass is 10.1. The Morgan fingerprint density at radius 2 is 2.05 bits per heavy atom. The van der Waals surface area contributed by atoms with Gasteiger partial charge in [-0.3, -0.25) is 4.68 Å². The Labute approximate surface area is 131 Å². The third-order valence-electron chi connectivity index (χ3n) is 4.59. The molecular weight excluding hydrogens is 304 g/mol. The second-order valence-electron chi connectivity index (χ2n) is 6.00. The molecule has 1 aromatic rings. The van der Waals surface area contributed by atoms with Crippen LogP contribution in [0.2, 0.25) is 0 Å². The highest BCUT2D eigenvalue weighted by atomic mass is 32.2. The van der Waals surface area contributed by atoms with Gasteiger partial charge in [-0.15, -0.1) is 0 Å². The molecule has 2 fully saturated rings. The number of sulfonamides is 1. The molecule has 124 valence electrons. The van der Waals surface area contributed by atoms with Gasteiger partial charge in [0, 0.05) is 38.5 Å². The van der Waals surface area contributed by atoms with Crippen molar-refractivity contribution in [2.75, 3.05) is 26.3 Å². The van der Waals surface area contributed by atoms with Gasteiger partial charge in [-0.05, 0) is 25.7 Å². The molecule has 0 saturated carbocycles. The second-order valence-corrected chi connectivity index (χ2v) is 7.89. The Bertz CT molecular complexity index is 595. The molecular formula is C14H24N4O3S. The zero-order valence-electron chi connectivity index (χ0n) is 12.7. The van der Waals surface area contributed by atoms with Crippen LogP contribution in [0.3, 0.4) is 0 Å². The molecule has 22 heavy (non-hydrogen) atoms. The monoisotopic (exact) mass is 328 g/mol. The molecule has 3 rings (SSSR count). The molecule has 2 aliphatic heterocycles. The molecule has 2 aliphatic rings. The fourth-order valence-electron chi connectivity index (χ4n) is 3.26. The van der Waals surface area contributed by atoms with E-state index >= 15 is 0 Å². The number of piperidine rings is 1. The highest BCUT2D eigenvalue weighted by Gasteiger charge is 2.34. The van der Waals surface area contributed by atoms with Crippen molar-refractivity contribution >= 4 is 10.0 Å². The van der Waals surface area contributed by atoms with Crippen molar-refractivity contribution in [2.24, 2.45) is 5.73 Å². The third-order valence-corrected chi connectivity index (χ3v) is 6.50. The predicted octanol–water partition coefficient (Wildman–Crippen LogP) is 0.736. The lowest BCUT2D eigenvalue weighted by Crippen LogP contribution is -2.47. The number of nitrogens with two attached hydrogens (primary N) is 1. The van der Waals surface area contributed by atoms with E-state index in [2.05, 4.69) is 5.10 Å². The molecule has 1 aromatic heterocycles. The normalized spacial score (nSPS) is 25.4. The van der Waals surface area contributed by atoms with Crippen molar-refractivity contribution in [3.8, 4) is 0 Å². The molecule has 0 aliphatic carbocycles. The van der Waals surface area contributed by atoms with Gasteiger partial charge in [-0.1, -0.05) is 6.42 Å². The minimum atomic E-state index is -3.50. The molecule has 0 spiro atoms. The van der Waals surface area contributed by atoms with Crippen LogP contribution < -0.4 is 5.73 Å². The summed E-state index contributed by atoms with van der Waals surface area (Å²) in [6.45, 7) is 2.32. The Morgan fingerprint density at radius 1 is 1.27 bits per heavy atom. The first-order valence-electron chi connectivity index (χ1n) is 7.96. The molecule has 1 atom stereocenters. The molecule has 7 nitrogen and oxygen atoms in total. The molecule has 0 bridgehead atoms. The summed E-state index contributed by atoms with van der Waals surface area (Å²) in [6.07, 6.45) is 7.63. The van der Waals surface area contributed by atoms with Crippen molar-refractivity contribution in [1.29, 1.82) is 0 Å². The smallest absolute Gasteiger partial charge is 0.246 e. The lowest BCUT2D eigenvalue weighted by molar-refractivity contribution is 0.0662. The van der Waals surface area contributed by atoms with Gasteiger partial charge in [0.25, 0.3) is 0 Å². The lowest BCUT2D eigenvalue weighted by Gasteiger charge is -2.33. The molecule has 1 unspecified atom stereocenters. The van der Waals surface area contributed by atoms with Crippen LogP contribution in [0.25, 0.3) is 0 Å². The summed E-state index contributed by atoms with van der Waals surface area (Å²) in [5.41, 5.74) is 5.75. The van der Waals surface area contributed by atoms with Crippen molar-refractivity contribution in [3.05, 3.63) is 12.4 Å². The van der Waals surface area contributed by atoms with Gasteiger partial charge in [-0.25, -0.2) is 8.42 Å². The van der Waals surface area contributed by atoms with Crippen LogP contribution in [0.5, 0.6) is 0 Å². The summed E-state index contributed by atoms with van der Waals surface area (Å²) in [7, 11) is -3.50. The van der Waals surface area contributed by atoms with Crippen LogP contribution in [0.15, 0.2) is 17.3 Å². The highest BCUT2D eigenvalue weighted by molar-refractivity contribution is 7.89. The van der Waals surface area contributed by atoms with Crippen molar-refractivity contribution < 1.29 is 13.2 Å². The topological polar surface area (TPSA) is 90.5 Å². The minimum absolute atomic E-state index is 0.0924. The summed E-state index contributed by atoms with van der Waals surface area (Å²) >= 11 is 0. The molecule has 0 radical (unpaired) electrons. The zero-order chi connectivity index (χ0) is 15.6. The van der Waals surface area contributed by atoms with E-state index in [1.54, 1.807) is 15.2 Å². The molecule has 8 heteroatoms. The van der Waals surface area contributed by atoms with Crippen molar-refractivity contribution in [3.63, 3.8) is 0 Å². The first-order valence-corrected chi connectivity index (χ1v) is 9.41. The van der Waals surface area contributed by atoms with Gasteiger partial charge in [0.05, 0.1) is 12.2 Å². The van der Waals surface area contributed by atoms with Crippen molar-refractivity contribution in [2.45, 2.75) is 49.1 Å². The van der Waals surface area contributed by atoms with Crippen LogP contribution in [-0.2, 0) is 14.8 Å². The molecule has 0 amide bonds. The molecule has 3 heterocycles. The number of hydrogen-bond acceptors (Lipinski definition) is 5. The summed E-state index contributed by atoms with van der Waals surface area (Å²) in [6, 6.07) is 0.134. The number of ether oxygens (including phenoxy) is 1. The number of aromatic nitrogens is 2. The van der Waals surface area contributed by atoms with Gasteiger partial charge in [0.1, 0.15) is 4.90 Å². The Balaban J connectivity index is 1.81. The fourth-order valence-corrected chi connectivity index (χ4v) is 4.91. The highest BCUT2D eigenvalue weighted by Crippen LogP contribution is 2.26. The zero-order valence-corrected chi connectivity index (χ0v) is 13.5. The Hall–Kier alpha value is -0.960. The maximum Gasteiger partial charge on any atom is 0.246 e. The maximum atomic E-state index is 12.8. The maximum absolute atomic E-state index is 12.8. The summed E-state index contributed by atoms with van der Waals surface area (Å²) in [5.74, 6) is 0. The van der Waals surface area contributed by atoms with E-state index in [1.807, 2.05) is 0 Å². The third kappa shape index (κ3) is 3.05. The van der Waals surface area contributed by atoms with Crippen LogP contribution in [0.4, 0.5) is 0 Å². The van der Waals surface area contributed by atoms with Crippen molar-refractivity contribution in [1.82, 2.24) is 14.1 Å². The predicted molar refractivity (Wildman–Crippen MR) is 81.9 cm³/mol. The minimum Gasteiger partial charge on any atom is -0.381 e. The Morgan fingerprint density at radius 3 is 2.77 bits per heavy atom. The van der Waals surface area contributed by atoms with E-state index in [4.69, 9.17) is 10.5 Å². The van der Waals surface area contributed by atoms with Crippen LogP contribution in [0, 0.1) is 0 Å². The van der Waals surface area contributed by atoms with Crippen LogP contribution in [0.1, 0.15) is 38.1 Å². The summed E-state index contributed by atoms with van der Waals surface area (Å²) < 4.78 is 34.4. The second kappa shape index (κ2) is 6.66. The van der Waals surface area contributed by atoms with Gasteiger partial charge >= 0.3 is 0 Å². The van der Waals surface area contributed by atoms with E-state index < -0.39 is 10.0 Å². The first kappa shape index (κ1) is 15.9.